The molecule has 2 unspecified atom stereocenters. The van der Waals surface area contributed by atoms with Crippen LogP contribution in [0.4, 0.5) is 5.69 Å². The molecule has 0 spiro atoms. The molecule has 1 aromatic carbocycles. The number of nitrogens with two attached hydrogens (primary N) is 1. The predicted octanol–water partition coefficient (Wildman–Crippen LogP) is 3.98. The molecule has 0 amide bonds. The van der Waals surface area contributed by atoms with E-state index < -0.39 is 0 Å². The van der Waals surface area contributed by atoms with Crippen LogP contribution in [-0.2, 0) is 6.42 Å². The standard InChI is InChI=1S/C18H30N2/c1-5-15(19)17(18(2,3)4)20-13-9-8-11-14-10-6-7-12-16(14)20/h6-7,10,12,15,17H,5,8-9,11,13,19H2,1-4H3. The van der Waals surface area contributed by atoms with Crippen LogP contribution in [0, 0.1) is 5.41 Å². The highest BCUT2D eigenvalue weighted by Crippen LogP contribution is 2.35. The fourth-order valence-electron chi connectivity index (χ4n) is 3.57. The zero-order valence-electron chi connectivity index (χ0n) is 13.5. The number of hydrogen-bond donors (Lipinski definition) is 1. The zero-order valence-corrected chi connectivity index (χ0v) is 13.5. The maximum Gasteiger partial charge on any atom is 0.0489 e. The minimum Gasteiger partial charge on any atom is -0.366 e. The second-order valence-corrected chi connectivity index (χ2v) is 7.16. The largest absolute Gasteiger partial charge is 0.366 e. The van der Waals surface area contributed by atoms with Gasteiger partial charge in [0.15, 0.2) is 0 Å². The molecule has 1 aliphatic rings. The first-order valence-electron chi connectivity index (χ1n) is 8.05. The van der Waals surface area contributed by atoms with Crippen molar-refractivity contribution in [3.05, 3.63) is 29.8 Å². The number of nitrogens with zero attached hydrogens (tertiary/aromatic N) is 1. The quantitative estimate of drug-likeness (QED) is 0.903. The van der Waals surface area contributed by atoms with E-state index in [1.54, 1.807) is 0 Å². The maximum absolute atomic E-state index is 6.50. The van der Waals surface area contributed by atoms with Crippen LogP contribution in [0.2, 0.25) is 0 Å². The van der Waals surface area contributed by atoms with Gasteiger partial charge < -0.3 is 10.6 Å². The van der Waals surface area contributed by atoms with Crippen LogP contribution < -0.4 is 10.6 Å². The van der Waals surface area contributed by atoms with Crippen molar-refractivity contribution in [3.8, 4) is 0 Å². The smallest absolute Gasteiger partial charge is 0.0489 e. The Labute approximate surface area is 124 Å². The van der Waals surface area contributed by atoms with Crippen LogP contribution in [0.1, 0.15) is 52.5 Å². The Hall–Kier alpha value is -1.02. The van der Waals surface area contributed by atoms with Crippen LogP contribution in [-0.4, -0.2) is 18.6 Å². The van der Waals surface area contributed by atoms with Gasteiger partial charge in [0.25, 0.3) is 0 Å². The Morgan fingerprint density at radius 3 is 2.55 bits per heavy atom. The summed E-state index contributed by atoms with van der Waals surface area (Å²) in [6, 6.07) is 9.50. The third kappa shape index (κ3) is 3.17. The summed E-state index contributed by atoms with van der Waals surface area (Å²) >= 11 is 0. The molecule has 2 atom stereocenters. The van der Waals surface area contributed by atoms with Gasteiger partial charge in [-0.2, -0.15) is 0 Å². The molecular weight excluding hydrogens is 244 g/mol. The van der Waals surface area contributed by atoms with Gasteiger partial charge in [-0.3, -0.25) is 0 Å². The summed E-state index contributed by atoms with van der Waals surface area (Å²) < 4.78 is 0. The molecule has 2 N–H and O–H groups in total. The highest BCUT2D eigenvalue weighted by molar-refractivity contribution is 5.56. The van der Waals surface area contributed by atoms with Crippen molar-refractivity contribution >= 4 is 5.69 Å². The molecule has 1 aromatic rings. The summed E-state index contributed by atoms with van der Waals surface area (Å²) in [6.07, 6.45) is 4.77. The third-order valence-corrected chi connectivity index (χ3v) is 4.50. The van der Waals surface area contributed by atoms with E-state index >= 15 is 0 Å². The van der Waals surface area contributed by atoms with E-state index in [0.717, 1.165) is 13.0 Å². The normalized spacial score (nSPS) is 19.1. The van der Waals surface area contributed by atoms with Crippen molar-refractivity contribution < 1.29 is 0 Å². The van der Waals surface area contributed by atoms with Crippen molar-refractivity contribution in [2.45, 2.75) is 65.5 Å². The summed E-state index contributed by atoms with van der Waals surface area (Å²) in [5.41, 5.74) is 9.59. The fourth-order valence-corrected chi connectivity index (χ4v) is 3.57. The number of aryl methyl sites for hydroxylation is 1. The van der Waals surface area contributed by atoms with Crippen LogP contribution in [0.3, 0.4) is 0 Å². The van der Waals surface area contributed by atoms with Crippen molar-refractivity contribution in [3.63, 3.8) is 0 Å². The summed E-state index contributed by atoms with van der Waals surface area (Å²) in [4.78, 5) is 2.59. The summed E-state index contributed by atoms with van der Waals surface area (Å²) in [5, 5.41) is 0. The van der Waals surface area contributed by atoms with Gasteiger partial charge >= 0.3 is 0 Å². The monoisotopic (exact) mass is 274 g/mol. The number of hydrogen-bond acceptors (Lipinski definition) is 2. The Morgan fingerprint density at radius 1 is 1.20 bits per heavy atom. The number of benzene rings is 1. The molecule has 0 saturated carbocycles. The molecule has 0 saturated heterocycles. The molecular formula is C18H30N2. The first kappa shape index (κ1) is 15.4. The van der Waals surface area contributed by atoms with Crippen LogP contribution in [0.15, 0.2) is 24.3 Å². The summed E-state index contributed by atoms with van der Waals surface area (Å²) in [6.45, 7) is 10.3. The molecule has 20 heavy (non-hydrogen) atoms. The molecule has 1 heterocycles. The molecule has 1 aliphatic heterocycles. The van der Waals surface area contributed by atoms with E-state index in [-0.39, 0.29) is 11.5 Å². The number of rotatable bonds is 3. The topological polar surface area (TPSA) is 29.3 Å². The van der Waals surface area contributed by atoms with Gasteiger partial charge in [-0.15, -0.1) is 0 Å². The van der Waals surface area contributed by atoms with Crippen LogP contribution >= 0.6 is 0 Å². The van der Waals surface area contributed by atoms with Crippen molar-refractivity contribution in [1.82, 2.24) is 0 Å². The van der Waals surface area contributed by atoms with E-state index in [4.69, 9.17) is 5.73 Å². The lowest BCUT2D eigenvalue weighted by Gasteiger charge is -2.45. The molecule has 2 rings (SSSR count). The molecule has 0 aliphatic carbocycles. The Kier molecular flexibility index (Phi) is 4.74. The molecule has 2 heteroatoms. The van der Waals surface area contributed by atoms with Gasteiger partial charge in [-0.05, 0) is 42.7 Å². The number of fused-ring (bicyclic) bond motifs is 1. The number of para-hydroxylation sites is 1. The van der Waals surface area contributed by atoms with Crippen molar-refractivity contribution in [2.75, 3.05) is 11.4 Å². The van der Waals surface area contributed by atoms with E-state index in [9.17, 15) is 0 Å². The van der Waals surface area contributed by atoms with Gasteiger partial charge in [0.1, 0.15) is 0 Å². The van der Waals surface area contributed by atoms with E-state index in [1.807, 2.05) is 0 Å². The molecule has 0 aromatic heterocycles. The van der Waals surface area contributed by atoms with Crippen molar-refractivity contribution in [1.29, 1.82) is 0 Å². The molecule has 112 valence electrons. The lowest BCUT2D eigenvalue weighted by atomic mass is 9.80. The molecule has 0 radical (unpaired) electrons. The fraction of sp³-hybridized carbons (Fsp3) is 0.667. The third-order valence-electron chi connectivity index (χ3n) is 4.50. The van der Waals surface area contributed by atoms with E-state index in [0.29, 0.717) is 6.04 Å². The van der Waals surface area contributed by atoms with E-state index in [2.05, 4.69) is 56.9 Å². The first-order valence-corrected chi connectivity index (χ1v) is 8.05. The maximum atomic E-state index is 6.50. The predicted molar refractivity (Wildman–Crippen MR) is 88.2 cm³/mol. The average molecular weight is 274 g/mol. The van der Waals surface area contributed by atoms with Crippen LogP contribution in [0.25, 0.3) is 0 Å². The molecule has 0 bridgehead atoms. The van der Waals surface area contributed by atoms with Gasteiger partial charge in [0.2, 0.25) is 0 Å². The SMILES string of the molecule is CCC(N)C(N1CCCCc2ccccc21)C(C)(C)C. The summed E-state index contributed by atoms with van der Waals surface area (Å²) in [5.74, 6) is 0. The average Bonchev–Trinajstić information content (AvgIpc) is 2.60. The Balaban J connectivity index is 2.42. The van der Waals surface area contributed by atoms with Crippen LogP contribution in [0.5, 0.6) is 0 Å². The van der Waals surface area contributed by atoms with Crippen molar-refractivity contribution in [2.24, 2.45) is 11.1 Å². The second kappa shape index (κ2) is 6.17. The Bertz CT molecular complexity index is 433. The molecule has 0 fully saturated rings. The highest BCUT2D eigenvalue weighted by Gasteiger charge is 2.35. The van der Waals surface area contributed by atoms with Gasteiger partial charge in [-0.25, -0.2) is 0 Å². The lowest BCUT2D eigenvalue weighted by Crippen LogP contribution is -2.55. The Morgan fingerprint density at radius 2 is 1.90 bits per heavy atom. The lowest BCUT2D eigenvalue weighted by molar-refractivity contribution is 0.260. The van der Waals surface area contributed by atoms with Gasteiger partial charge in [0, 0.05) is 24.3 Å². The number of anilines is 1. The summed E-state index contributed by atoms with van der Waals surface area (Å²) in [7, 11) is 0. The minimum atomic E-state index is 0.187. The molecule has 2 nitrogen and oxygen atoms in total. The zero-order chi connectivity index (χ0) is 14.8. The van der Waals surface area contributed by atoms with E-state index in [1.165, 1.54) is 30.5 Å². The minimum absolute atomic E-state index is 0.187. The van der Waals surface area contributed by atoms with Gasteiger partial charge in [-0.1, -0.05) is 45.9 Å². The van der Waals surface area contributed by atoms with Gasteiger partial charge in [0.05, 0.1) is 0 Å². The highest BCUT2D eigenvalue weighted by atomic mass is 15.2. The first-order chi connectivity index (χ1) is 9.45. The second-order valence-electron chi connectivity index (χ2n) is 7.16.